The molecule has 12 heavy (non-hydrogen) atoms. The van der Waals surface area contributed by atoms with Crippen molar-refractivity contribution in [1.82, 2.24) is 4.90 Å². The second-order valence-corrected chi connectivity index (χ2v) is 3.32. The molecular weight excluding hydrogens is 154 g/mol. The van der Waals surface area contributed by atoms with Crippen LogP contribution in [-0.2, 0) is 4.79 Å². The average Bonchev–Trinajstić information content (AvgIpc) is 2.52. The van der Waals surface area contributed by atoms with Gasteiger partial charge in [0.1, 0.15) is 6.29 Å². The van der Waals surface area contributed by atoms with E-state index in [-0.39, 0.29) is 6.61 Å². The zero-order valence-corrected chi connectivity index (χ0v) is 7.41. The normalized spacial score (nSPS) is 24.6. The molecule has 1 atom stereocenters. The van der Waals surface area contributed by atoms with Crippen molar-refractivity contribution in [1.29, 1.82) is 0 Å². The Morgan fingerprint density at radius 1 is 1.58 bits per heavy atom. The molecule has 0 spiro atoms. The zero-order valence-electron chi connectivity index (χ0n) is 7.41. The highest BCUT2D eigenvalue weighted by molar-refractivity contribution is 5.49. The summed E-state index contributed by atoms with van der Waals surface area (Å²) in [6, 6.07) is 0.358. The smallest absolute Gasteiger partial charge is 0.120 e. The minimum Gasteiger partial charge on any atom is -0.395 e. The predicted octanol–water partition coefficient (Wildman–Crippen LogP) is 0.422. The number of aldehydes is 1. The molecule has 1 heterocycles. The SMILES string of the molecule is O=CCCCN1CCC[C@H]1CO. The lowest BCUT2D eigenvalue weighted by molar-refractivity contribution is -0.108. The van der Waals surface area contributed by atoms with E-state index in [1.807, 2.05) is 0 Å². The molecule has 1 N–H and O–H groups in total. The topological polar surface area (TPSA) is 40.5 Å². The minimum atomic E-state index is 0.265. The van der Waals surface area contributed by atoms with Gasteiger partial charge in [0.2, 0.25) is 0 Å². The Morgan fingerprint density at radius 3 is 3.08 bits per heavy atom. The summed E-state index contributed by atoms with van der Waals surface area (Å²) in [5.41, 5.74) is 0. The van der Waals surface area contributed by atoms with E-state index in [0.29, 0.717) is 12.5 Å². The molecule has 0 aromatic carbocycles. The number of rotatable bonds is 5. The molecule has 1 aliphatic heterocycles. The fraction of sp³-hybridized carbons (Fsp3) is 0.889. The molecule has 0 amide bonds. The Morgan fingerprint density at radius 2 is 2.42 bits per heavy atom. The third-order valence-corrected chi connectivity index (χ3v) is 2.48. The van der Waals surface area contributed by atoms with E-state index in [4.69, 9.17) is 5.11 Å². The van der Waals surface area contributed by atoms with Crippen molar-refractivity contribution in [3.05, 3.63) is 0 Å². The third-order valence-electron chi connectivity index (χ3n) is 2.48. The molecule has 3 heteroatoms. The van der Waals surface area contributed by atoms with Crippen molar-refractivity contribution < 1.29 is 9.90 Å². The first-order valence-corrected chi connectivity index (χ1v) is 4.67. The molecule has 1 rings (SSSR count). The molecular formula is C9H17NO2. The average molecular weight is 171 g/mol. The number of aliphatic hydroxyl groups excluding tert-OH is 1. The Bertz CT molecular complexity index is 138. The zero-order chi connectivity index (χ0) is 8.81. The molecule has 1 aliphatic rings. The van der Waals surface area contributed by atoms with E-state index in [2.05, 4.69) is 4.90 Å². The van der Waals surface area contributed by atoms with Crippen LogP contribution in [0.5, 0.6) is 0 Å². The lowest BCUT2D eigenvalue weighted by Gasteiger charge is -2.21. The van der Waals surface area contributed by atoms with Crippen LogP contribution in [0.1, 0.15) is 25.7 Å². The summed E-state index contributed by atoms with van der Waals surface area (Å²) < 4.78 is 0. The van der Waals surface area contributed by atoms with Gasteiger partial charge in [0.25, 0.3) is 0 Å². The molecule has 0 aromatic heterocycles. The Labute approximate surface area is 73.4 Å². The van der Waals surface area contributed by atoms with E-state index >= 15 is 0 Å². The van der Waals surface area contributed by atoms with Crippen LogP contribution < -0.4 is 0 Å². The summed E-state index contributed by atoms with van der Waals surface area (Å²) in [7, 11) is 0. The van der Waals surface area contributed by atoms with Crippen molar-refractivity contribution in [3.8, 4) is 0 Å². The lowest BCUT2D eigenvalue weighted by atomic mass is 10.2. The quantitative estimate of drug-likeness (QED) is 0.481. The molecule has 70 valence electrons. The van der Waals surface area contributed by atoms with Gasteiger partial charge < -0.3 is 9.90 Å². The number of carbonyl (C=O) groups is 1. The first kappa shape index (κ1) is 9.68. The maximum atomic E-state index is 10.1. The number of aliphatic hydroxyl groups is 1. The van der Waals surface area contributed by atoms with Crippen LogP contribution in [0.15, 0.2) is 0 Å². The van der Waals surface area contributed by atoms with Crippen LogP contribution in [0.2, 0.25) is 0 Å². The summed E-state index contributed by atoms with van der Waals surface area (Å²) >= 11 is 0. The van der Waals surface area contributed by atoms with Gasteiger partial charge in [0.15, 0.2) is 0 Å². The minimum absolute atomic E-state index is 0.265. The summed E-state index contributed by atoms with van der Waals surface area (Å²) in [6.45, 7) is 2.31. The van der Waals surface area contributed by atoms with Gasteiger partial charge in [-0.15, -0.1) is 0 Å². The van der Waals surface area contributed by atoms with Crippen molar-refractivity contribution in [2.75, 3.05) is 19.7 Å². The molecule has 0 radical (unpaired) electrons. The Kier molecular flexibility index (Phi) is 4.25. The lowest BCUT2D eigenvalue weighted by Crippen LogP contribution is -2.32. The van der Waals surface area contributed by atoms with Gasteiger partial charge in [0, 0.05) is 12.5 Å². The maximum Gasteiger partial charge on any atom is 0.120 e. The van der Waals surface area contributed by atoms with Gasteiger partial charge in [-0.25, -0.2) is 0 Å². The molecule has 0 aromatic rings. The fourth-order valence-electron chi connectivity index (χ4n) is 1.77. The van der Waals surface area contributed by atoms with E-state index in [1.54, 1.807) is 0 Å². The van der Waals surface area contributed by atoms with Crippen molar-refractivity contribution in [2.45, 2.75) is 31.7 Å². The third kappa shape index (κ3) is 2.57. The molecule has 0 aliphatic carbocycles. The van der Waals surface area contributed by atoms with Gasteiger partial charge in [-0.2, -0.15) is 0 Å². The molecule has 3 nitrogen and oxygen atoms in total. The number of nitrogens with zero attached hydrogens (tertiary/aromatic N) is 1. The van der Waals surface area contributed by atoms with Crippen molar-refractivity contribution in [3.63, 3.8) is 0 Å². The molecule has 1 saturated heterocycles. The van der Waals surface area contributed by atoms with Gasteiger partial charge in [-0.3, -0.25) is 4.90 Å². The maximum absolute atomic E-state index is 10.1. The largest absolute Gasteiger partial charge is 0.395 e. The highest BCUT2D eigenvalue weighted by atomic mass is 16.3. The Hall–Kier alpha value is -0.410. The van der Waals surface area contributed by atoms with Crippen LogP contribution in [-0.4, -0.2) is 42.0 Å². The van der Waals surface area contributed by atoms with Crippen molar-refractivity contribution >= 4 is 6.29 Å². The molecule has 0 bridgehead atoms. The fourth-order valence-corrected chi connectivity index (χ4v) is 1.77. The van der Waals surface area contributed by atoms with Crippen LogP contribution in [0.25, 0.3) is 0 Å². The van der Waals surface area contributed by atoms with Gasteiger partial charge in [-0.05, 0) is 32.4 Å². The monoisotopic (exact) mass is 171 g/mol. The number of unbranched alkanes of at least 4 members (excludes halogenated alkanes) is 1. The molecule has 1 fully saturated rings. The summed E-state index contributed by atoms with van der Waals surface area (Å²) in [6.07, 6.45) is 4.84. The van der Waals surface area contributed by atoms with E-state index < -0.39 is 0 Å². The van der Waals surface area contributed by atoms with Crippen LogP contribution in [0.3, 0.4) is 0 Å². The first-order chi connectivity index (χ1) is 5.88. The summed E-state index contributed by atoms with van der Waals surface area (Å²) in [4.78, 5) is 12.3. The van der Waals surface area contributed by atoms with Crippen LogP contribution in [0.4, 0.5) is 0 Å². The number of likely N-dealkylation sites (tertiary alicyclic amines) is 1. The predicted molar refractivity (Wildman–Crippen MR) is 47.0 cm³/mol. The van der Waals surface area contributed by atoms with Gasteiger partial charge in [0.05, 0.1) is 6.61 Å². The standard InChI is InChI=1S/C9H17NO2/c11-7-2-1-5-10-6-3-4-9(10)8-12/h7,9,12H,1-6,8H2/t9-/m0/s1. The first-order valence-electron chi connectivity index (χ1n) is 4.67. The second-order valence-electron chi connectivity index (χ2n) is 3.32. The number of carbonyl (C=O) groups excluding carboxylic acids is 1. The summed E-state index contributed by atoms with van der Waals surface area (Å²) in [5.74, 6) is 0. The van der Waals surface area contributed by atoms with Crippen molar-refractivity contribution in [2.24, 2.45) is 0 Å². The van der Waals surface area contributed by atoms with Gasteiger partial charge >= 0.3 is 0 Å². The number of hydrogen-bond acceptors (Lipinski definition) is 3. The summed E-state index contributed by atoms with van der Waals surface area (Å²) in [5, 5.41) is 8.98. The molecule has 0 saturated carbocycles. The van der Waals surface area contributed by atoms with E-state index in [0.717, 1.165) is 32.2 Å². The second kappa shape index (κ2) is 5.27. The van der Waals surface area contributed by atoms with E-state index in [1.165, 1.54) is 6.42 Å². The Balaban J connectivity index is 2.16. The van der Waals surface area contributed by atoms with E-state index in [9.17, 15) is 4.79 Å². The highest BCUT2D eigenvalue weighted by Gasteiger charge is 2.22. The van der Waals surface area contributed by atoms with Crippen LogP contribution >= 0.6 is 0 Å². The number of hydrogen-bond donors (Lipinski definition) is 1. The van der Waals surface area contributed by atoms with Crippen LogP contribution in [0, 0.1) is 0 Å². The van der Waals surface area contributed by atoms with Gasteiger partial charge in [-0.1, -0.05) is 0 Å². The molecule has 0 unspecified atom stereocenters. The highest BCUT2D eigenvalue weighted by Crippen LogP contribution is 2.16.